The Morgan fingerprint density at radius 2 is 1.77 bits per heavy atom. The van der Waals surface area contributed by atoms with Gasteiger partial charge in [-0.2, -0.15) is 5.26 Å². The van der Waals surface area contributed by atoms with Crippen molar-refractivity contribution in [3.8, 4) is 17.3 Å². The van der Waals surface area contributed by atoms with Crippen LogP contribution < -0.4 is 4.90 Å². The number of fused-ring (bicyclic) bond motifs is 2. The lowest BCUT2D eigenvalue weighted by Gasteiger charge is -2.52. The monoisotopic (exact) mass is 391 g/mol. The molecule has 2 atom stereocenters. The number of allylic oxidation sites excluding steroid dienone is 1. The third-order valence-corrected chi connectivity index (χ3v) is 6.80. The van der Waals surface area contributed by atoms with E-state index in [4.69, 9.17) is 5.26 Å². The van der Waals surface area contributed by atoms with Gasteiger partial charge in [-0.3, -0.25) is 4.98 Å². The average molecular weight is 392 g/mol. The summed E-state index contributed by atoms with van der Waals surface area (Å²) in [6, 6.07) is 23.6. The van der Waals surface area contributed by atoms with Gasteiger partial charge in [0.1, 0.15) is 6.07 Å². The maximum absolute atomic E-state index is 9.14. The lowest BCUT2D eigenvalue weighted by Crippen LogP contribution is -2.51. The Balaban J connectivity index is 1.73. The van der Waals surface area contributed by atoms with Crippen molar-refractivity contribution in [2.45, 2.75) is 38.1 Å². The van der Waals surface area contributed by atoms with Gasteiger partial charge in [-0.15, -0.1) is 0 Å². The summed E-state index contributed by atoms with van der Waals surface area (Å²) >= 11 is 0. The smallest absolute Gasteiger partial charge is 0.101 e. The van der Waals surface area contributed by atoms with Gasteiger partial charge in [0.2, 0.25) is 0 Å². The van der Waals surface area contributed by atoms with Crippen molar-refractivity contribution in [3.05, 3.63) is 90.1 Å². The van der Waals surface area contributed by atoms with Gasteiger partial charge in [0, 0.05) is 17.4 Å². The molecular formula is C27H25N3. The highest BCUT2D eigenvalue weighted by Crippen LogP contribution is 2.52. The minimum Gasteiger partial charge on any atom is -0.333 e. The molecule has 0 spiro atoms. The summed E-state index contributed by atoms with van der Waals surface area (Å²) in [6.45, 7) is 4.79. The topological polar surface area (TPSA) is 39.9 Å². The van der Waals surface area contributed by atoms with Crippen LogP contribution in [0.1, 0.15) is 37.8 Å². The molecule has 1 aliphatic carbocycles. The molecule has 2 heterocycles. The van der Waals surface area contributed by atoms with Crippen LogP contribution in [0.5, 0.6) is 0 Å². The number of hydrogen-bond acceptors (Lipinski definition) is 3. The summed E-state index contributed by atoms with van der Waals surface area (Å²) < 4.78 is 0. The Hall–Kier alpha value is -3.38. The molecule has 3 heteroatoms. The van der Waals surface area contributed by atoms with Crippen molar-refractivity contribution in [2.75, 3.05) is 4.90 Å². The molecule has 0 N–H and O–H groups in total. The molecule has 2 aliphatic rings. The summed E-state index contributed by atoms with van der Waals surface area (Å²) in [4.78, 5) is 7.11. The molecule has 0 radical (unpaired) electrons. The van der Waals surface area contributed by atoms with Gasteiger partial charge in [-0.05, 0) is 54.0 Å². The first-order chi connectivity index (χ1) is 14.6. The first kappa shape index (κ1) is 18.6. The van der Waals surface area contributed by atoms with E-state index in [-0.39, 0.29) is 5.41 Å². The molecular weight excluding hydrogens is 366 g/mol. The second kappa shape index (κ2) is 7.15. The number of nitrogens with zero attached hydrogens (tertiary/aromatic N) is 3. The molecule has 1 unspecified atom stereocenters. The number of para-hydroxylation sites is 2. The number of pyridine rings is 1. The number of benzene rings is 2. The van der Waals surface area contributed by atoms with Gasteiger partial charge in [0.15, 0.2) is 0 Å². The predicted octanol–water partition coefficient (Wildman–Crippen LogP) is 6.38. The number of hydrogen-bond donors (Lipinski definition) is 0. The Bertz CT molecular complexity index is 1150. The van der Waals surface area contributed by atoms with E-state index in [0.717, 1.165) is 17.7 Å². The minimum atomic E-state index is 0.115. The van der Waals surface area contributed by atoms with E-state index in [1.54, 1.807) is 6.20 Å². The molecule has 1 aromatic heterocycles. The van der Waals surface area contributed by atoms with Crippen LogP contribution in [0.2, 0.25) is 0 Å². The van der Waals surface area contributed by atoms with Gasteiger partial charge in [0.05, 0.1) is 23.0 Å². The SMILES string of the molecule is CC1(C)c2ccccc2N(c2ccccc2-c2ccc(C#N)cn2)C2C=CCC[C@H]21. The highest BCUT2D eigenvalue weighted by Gasteiger charge is 2.46. The Kier molecular flexibility index (Phi) is 4.44. The molecule has 1 aliphatic heterocycles. The van der Waals surface area contributed by atoms with Crippen molar-refractivity contribution in [1.82, 2.24) is 4.98 Å². The van der Waals surface area contributed by atoms with E-state index in [2.05, 4.69) is 90.5 Å². The normalized spacial score (nSPS) is 21.4. The maximum Gasteiger partial charge on any atom is 0.101 e. The largest absolute Gasteiger partial charge is 0.333 e. The van der Waals surface area contributed by atoms with E-state index in [9.17, 15) is 0 Å². The van der Waals surface area contributed by atoms with Crippen LogP contribution in [0.25, 0.3) is 11.3 Å². The van der Waals surface area contributed by atoms with Crippen LogP contribution in [0.4, 0.5) is 11.4 Å². The van der Waals surface area contributed by atoms with Crippen LogP contribution >= 0.6 is 0 Å². The second-order valence-corrected chi connectivity index (χ2v) is 8.77. The fraction of sp³-hybridized carbons (Fsp3) is 0.259. The third-order valence-electron chi connectivity index (χ3n) is 6.80. The van der Waals surface area contributed by atoms with E-state index in [0.29, 0.717) is 17.5 Å². The fourth-order valence-electron chi connectivity index (χ4n) is 5.27. The zero-order valence-electron chi connectivity index (χ0n) is 17.4. The summed E-state index contributed by atoms with van der Waals surface area (Å²) in [6.07, 6.45) is 8.72. The van der Waals surface area contributed by atoms with Crippen LogP contribution in [-0.2, 0) is 5.41 Å². The molecule has 0 fully saturated rings. The second-order valence-electron chi connectivity index (χ2n) is 8.77. The minimum absolute atomic E-state index is 0.115. The fourth-order valence-corrected chi connectivity index (χ4v) is 5.27. The molecule has 148 valence electrons. The van der Waals surface area contributed by atoms with Gasteiger partial charge in [-0.25, -0.2) is 0 Å². The van der Waals surface area contributed by atoms with E-state index >= 15 is 0 Å². The van der Waals surface area contributed by atoms with Crippen LogP contribution in [0.3, 0.4) is 0 Å². The Morgan fingerprint density at radius 1 is 1.00 bits per heavy atom. The summed E-state index contributed by atoms with van der Waals surface area (Å²) in [7, 11) is 0. The lowest BCUT2D eigenvalue weighted by atomic mass is 9.63. The number of aromatic nitrogens is 1. The van der Waals surface area contributed by atoms with Crippen molar-refractivity contribution < 1.29 is 0 Å². The Morgan fingerprint density at radius 3 is 2.53 bits per heavy atom. The van der Waals surface area contributed by atoms with Crippen molar-refractivity contribution >= 4 is 11.4 Å². The standard InChI is InChI=1S/C27H25N3/c1-27(2)21-10-4-7-13-25(21)30(26-14-8-5-11-22(26)27)24-12-6-3-9-20(24)23-16-15-19(17-28)18-29-23/h3-4,6-10,12-16,18,22,26H,5,11H2,1-2H3/t22-,26?/m1/s1. The van der Waals surface area contributed by atoms with Crippen LogP contribution in [0, 0.1) is 17.2 Å². The van der Waals surface area contributed by atoms with Crippen LogP contribution in [-0.4, -0.2) is 11.0 Å². The quantitative estimate of drug-likeness (QED) is 0.476. The van der Waals surface area contributed by atoms with Crippen molar-refractivity contribution in [3.63, 3.8) is 0 Å². The van der Waals surface area contributed by atoms with E-state index in [1.165, 1.54) is 23.4 Å². The highest BCUT2D eigenvalue weighted by molar-refractivity contribution is 5.83. The molecule has 0 saturated heterocycles. The Labute approximate surface area is 178 Å². The maximum atomic E-state index is 9.14. The molecule has 30 heavy (non-hydrogen) atoms. The first-order valence-corrected chi connectivity index (χ1v) is 10.6. The van der Waals surface area contributed by atoms with Crippen molar-refractivity contribution in [1.29, 1.82) is 5.26 Å². The van der Waals surface area contributed by atoms with Gasteiger partial charge in [-0.1, -0.05) is 62.4 Å². The lowest BCUT2D eigenvalue weighted by molar-refractivity contribution is 0.252. The molecule has 0 bridgehead atoms. The first-order valence-electron chi connectivity index (χ1n) is 10.6. The number of rotatable bonds is 2. The number of nitriles is 1. The van der Waals surface area contributed by atoms with Gasteiger partial charge in [0.25, 0.3) is 0 Å². The molecule has 5 rings (SSSR count). The molecule has 3 nitrogen and oxygen atoms in total. The van der Waals surface area contributed by atoms with E-state index in [1.807, 2.05) is 12.1 Å². The zero-order valence-corrected chi connectivity index (χ0v) is 17.4. The average Bonchev–Trinajstić information content (AvgIpc) is 2.80. The predicted molar refractivity (Wildman–Crippen MR) is 122 cm³/mol. The molecule has 0 saturated carbocycles. The van der Waals surface area contributed by atoms with Gasteiger partial charge >= 0.3 is 0 Å². The molecule has 0 amide bonds. The molecule has 3 aromatic rings. The molecule has 2 aromatic carbocycles. The zero-order chi connectivity index (χ0) is 20.7. The third kappa shape index (κ3) is 2.83. The summed E-state index contributed by atoms with van der Waals surface area (Å²) in [5.74, 6) is 0.541. The van der Waals surface area contributed by atoms with Crippen molar-refractivity contribution in [2.24, 2.45) is 5.92 Å². The number of anilines is 2. The highest BCUT2D eigenvalue weighted by atomic mass is 15.2. The summed E-state index contributed by atoms with van der Waals surface area (Å²) in [5.41, 5.74) is 6.53. The van der Waals surface area contributed by atoms with E-state index < -0.39 is 0 Å². The van der Waals surface area contributed by atoms with Gasteiger partial charge < -0.3 is 4.90 Å². The van der Waals surface area contributed by atoms with Crippen LogP contribution in [0.15, 0.2) is 79.0 Å². The summed E-state index contributed by atoms with van der Waals surface area (Å²) in [5, 5.41) is 9.14.